The Labute approximate surface area is 194 Å². The molecule has 3 aromatic carbocycles. The maximum Gasteiger partial charge on any atom is 0.222 e. The molecule has 0 aliphatic carbocycles. The highest BCUT2D eigenvalue weighted by atomic mass is 16.5. The van der Waals surface area contributed by atoms with E-state index < -0.39 is 0 Å². The minimum absolute atomic E-state index is 0.225. The highest BCUT2D eigenvalue weighted by molar-refractivity contribution is 5.78. The van der Waals surface area contributed by atoms with E-state index in [2.05, 4.69) is 38.1 Å². The third-order valence-electron chi connectivity index (χ3n) is 5.94. The van der Waals surface area contributed by atoms with Crippen LogP contribution in [-0.4, -0.2) is 36.8 Å². The van der Waals surface area contributed by atoms with Crippen molar-refractivity contribution >= 4 is 12.2 Å². The van der Waals surface area contributed by atoms with Gasteiger partial charge in [-0.1, -0.05) is 18.2 Å². The summed E-state index contributed by atoms with van der Waals surface area (Å²) in [4.78, 5) is 24.4. The number of aryl methyl sites for hydroxylation is 2. The molecule has 0 saturated carbocycles. The fraction of sp³-hybridized carbons (Fsp3) is 0.286. The minimum Gasteiger partial charge on any atom is -0.492 e. The number of ether oxygens (including phenoxy) is 2. The summed E-state index contributed by atoms with van der Waals surface area (Å²) in [5, 5.41) is 0. The van der Waals surface area contributed by atoms with Gasteiger partial charge in [-0.15, -0.1) is 0 Å². The van der Waals surface area contributed by atoms with Crippen molar-refractivity contribution in [3.63, 3.8) is 0 Å². The van der Waals surface area contributed by atoms with E-state index >= 15 is 0 Å². The first-order valence-electron chi connectivity index (χ1n) is 11.3. The van der Waals surface area contributed by atoms with E-state index in [4.69, 9.17) is 9.47 Å². The number of carbonyl (C=O) groups excluding carboxylic acids is 2. The van der Waals surface area contributed by atoms with E-state index in [1.807, 2.05) is 17.0 Å². The number of carbonyl (C=O) groups is 2. The predicted octanol–water partition coefficient (Wildman–Crippen LogP) is 5.36. The minimum atomic E-state index is 0.225. The van der Waals surface area contributed by atoms with Gasteiger partial charge in [0.1, 0.15) is 31.0 Å². The number of hydrogen-bond donors (Lipinski definition) is 0. The first-order valence-corrected chi connectivity index (χ1v) is 11.3. The number of aldehydes is 1. The van der Waals surface area contributed by atoms with E-state index in [-0.39, 0.29) is 5.91 Å². The van der Waals surface area contributed by atoms with E-state index in [9.17, 15) is 9.59 Å². The molecule has 1 heterocycles. The second kappa shape index (κ2) is 10.3. The Morgan fingerprint density at radius 2 is 1.70 bits per heavy atom. The summed E-state index contributed by atoms with van der Waals surface area (Å²) >= 11 is 0. The van der Waals surface area contributed by atoms with Gasteiger partial charge < -0.3 is 14.4 Å². The Morgan fingerprint density at radius 1 is 0.939 bits per heavy atom. The Balaban J connectivity index is 1.42. The first-order chi connectivity index (χ1) is 16.0. The molecule has 0 spiro atoms. The Bertz CT molecular complexity index is 1110. The Hall–Kier alpha value is -3.60. The van der Waals surface area contributed by atoms with Gasteiger partial charge in [0.25, 0.3) is 0 Å². The van der Waals surface area contributed by atoms with Crippen LogP contribution in [-0.2, 0) is 11.4 Å². The molecule has 5 nitrogen and oxygen atoms in total. The fourth-order valence-electron chi connectivity index (χ4n) is 4.30. The molecule has 0 N–H and O–H groups in total. The van der Waals surface area contributed by atoms with Gasteiger partial charge in [0.15, 0.2) is 0 Å². The molecule has 170 valence electrons. The maximum absolute atomic E-state index is 11.8. The molecule has 1 amide bonds. The molecular formula is C28H29NO4. The molecule has 0 aromatic heterocycles. The number of nitrogens with zero attached hydrogens (tertiary/aromatic N) is 1. The zero-order valence-corrected chi connectivity index (χ0v) is 19.2. The first kappa shape index (κ1) is 22.6. The van der Waals surface area contributed by atoms with E-state index in [0.29, 0.717) is 31.7 Å². The summed E-state index contributed by atoms with van der Waals surface area (Å²) in [6.45, 7) is 6.61. The molecule has 0 bridgehead atoms. The van der Waals surface area contributed by atoms with Gasteiger partial charge in [-0.25, -0.2) is 0 Å². The van der Waals surface area contributed by atoms with Gasteiger partial charge in [-0.2, -0.15) is 0 Å². The molecule has 1 aliphatic rings. The highest BCUT2D eigenvalue weighted by Crippen LogP contribution is 2.32. The maximum atomic E-state index is 11.8. The smallest absolute Gasteiger partial charge is 0.222 e. The lowest BCUT2D eigenvalue weighted by Gasteiger charge is -2.18. The van der Waals surface area contributed by atoms with Crippen LogP contribution in [0, 0.1) is 13.8 Å². The summed E-state index contributed by atoms with van der Waals surface area (Å²) in [5.74, 6) is 1.79. The number of likely N-dealkylation sites (tertiary alicyclic amines) is 1. The number of benzene rings is 3. The van der Waals surface area contributed by atoms with Gasteiger partial charge in [0, 0.05) is 18.5 Å². The van der Waals surface area contributed by atoms with Crippen LogP contribution in [0.25, 0.3) is 11.1 Å². The molecule has 33 heavy (non-hydrogen) atoms. The SMILES string of the molecule is Cc1cc(OCCN2CCCC2=O)cc(C)c1-c1cccc(COc2ccc(C=O)cc2)c1. The van der Waals surface area contributed by atoms with Gasteiger partial charge in [0.05, 0.1) is 6.54 Å². The van der Waals surface area contributed by atoms with Crippen molar-refractivity contribution < 1.29 is 19.1 Å². The zero-order chi connectivity index (χ0) is 23.2. The van der Waals surface area contributed by atoms with Gasteiger partial charge in [0.2, 0.25) is 5.91 Å². The second-order valence-electron chi connectivity index (χ2n) is 8.44. The topological polar surface area (TPSA) is 55.8 Å². The predicted molar refractivity (Wildman–Crippen MR) is 129 cm³/mol. The quantitative estimate of drug-likeness (QED) is 0.418. The van der Waals surface area contributed by atoms with Crippen LogP contribution in [0.4, 0.5) is 0 Å². The Kier molecular flexibility index (Phi) is 7.08. The van der Waals surface area contributed by atoms with E-state index in [1.54, 1.807) is 24.3 Å². The van der Waals surface area contributed by atoms with Crippen molar-refractivity contribution in [2.75, 3.05) is 19.7 Å². The molecule has 1 saturated heterocycles. The van der Waals surface area contributed by atoms with Crippen LogP contribution in [0.15, 0.2) is 60.7 Å². The van der Waals surface area contributed by atoms with Crippen LogP contribution in [0.2, 0.25) is 0 Å². The lowest BCUT2D eigenvalue weighted by molar-refractivity contribution is -0.128. The number of hydrogen-bond acceptors (Lipinski definition) is 4. The summed E-state index contributed by atoms with van der Waals surface area (Å²) in [6.07, 6.45) is 2.43. The molecular weight excluding hydrogens is 414 g/mol. The molecule has 5 heteroatoms. The summed E-state index contributed by atoms with van der Waals surface area (Å²) in [7, 11) is 0. The monoisotopic (exact) mass is 443 g/mol. The van der Waals surface area contributed by atoms with Crippen molar-refractivity contribution in [2.45, 2.75) is 33.3 Å². The van der Waals surface area contributed by atoms with Crippen molar-refractivity contribution in [3.05, 3.63) is 82.9 Å². The molecule has 0 radical (unpaired) electrons. The third-order valence-corrected chi connectivity index (χ3v) is 5.94. The molecule has 1 fully saturated rings. The summed E-state index contributed by atoms with van der Waals surface area (Å²) < 4.78 is 11.9. The fourth-order valence-corrected chi connectivity index (χ4v) is 4.30. The second-order valence-corrected chi connectivity index (χ2v) is 8.44. The van der Waals surface area contributed by atoms with Crippen LogP contribution in [0.3, 0.4) is 0 Å². The van der Waals surface area contributed by atoms with Crippen LogP contribution in [0.5, 0.6) is 11.5 Å². The standard InChI is InChI=1S/C28H29NO4/c1-20-15-26(32-14-13-29-12-4-7-27(29)31)16-21(2)28(20)24-6-3-5-23(17-24)19-33-25-10-8-22(18-30)9-11-25/h3,5-6,8-11,15-18H,4,7,12-14,19H2,1-2H3. The largest absolute Gasteiger partial charge is 0.492 e. The van der Waals surface area contributed by atoms with Crippen molar-refractivity contribution in [2.24, 2.45) is 0 Å². The third kappa shape index (κ3) is 5.61. The van der Waals surface area contributed by atoms with Crippen LogP contribution in [0.1, 0.15) is 39.9 Å². The normalized spacial score (nSPS) is 13.3. The molecule has 1 aliphatic heterocycles. The van der Waals surface area contributed by atoms with Crippen molar-refractivity contribution in [1.29, 1.82) is 0 Å². The summed E-state index contributed by atoms with van der Waals surface area (Å²) in [6, 6.07) is 19.6. The lowest BCUT2D eigenvalue weighted by Crippen LogP contribution is -2.29. The molecule has 4 rings (SSSR count). The van der Waals surface area contributed by atoms with E-state index in [1.165, 1.54) is 5.56 Å². The van der Waals surface area contributed by atoms with Gasteiger partial charge in [-0.05, 0) is 90.6 Å². The Morgan fingerprint density at radius 3 is 2.36 bits per heavy atom. The van der Waals surface area contributed by atoms with Crippen LogP contribution >= 0.6 is 0 Å². The average molecular weight is 444 g/mol. The highest BCUT2D eigenvalue weighted by Gasteiger charge is 2.19. The molecule has 3 aromatic rings. The van der Waals surface area contributed by atoms with Crippen LogP contribution < -0.4 is 9.47 Å². The van der Waals surface area contributed by atoms with Crippen molar-refractivity contribution in [1.82, 2.24) is 4.90 Å². The summed E-state index contributed by atoms with van der Waals surface area (Å²) in [5.41, 5.74) is 6.31. The number of amides is 1. The van der Waals surface area contributed by atoms with Gasteiger partial charge >= 0.3 is 0 Å². The van der Waals surface area contributed by atoms with Crippen molar-refractivity contribution in [3.8, 4) is 22.6 Å². The number of rotatable bonds is 9. The molecule has 0 unspecified atom stereocenters. The van der Waals surface area contributed by atoms with Gasteiger partial charge in [-0.3, -0.25) is 9.59 Å². The van der Waals surface area contributed by atoms with E-state index in [0.717, 1.165) is 53.0 Å². The average Bonchev–Trinajstić information content (AvgIpc) is 3.22. The molecule has 0 atom stereocenters. The lowest BCUT2D eigenvalue weighted by atomic mass is 9.94. The zero-order valence-electron chi connectivity index (χ0n) is 19.2.